The number of benzene rings is 1. The van der Waals surface area contributed by atoms with E-state index >= 15 is 0 Å². The molecule has 2 rings (SSSR count). The van der Waals surface area contributed by atoms with Gasteiger partial charge in [-0.05, 0) is 38.1 Å². The monoisotopic (exact) mass is 280 g/mol. The number of rotatable bonds is 5. The van der Waals surface area contributed by atoms with Crippen molar-refractivity contribution in [3.63, 3.8) is 0 Å². The van der Waals surface area contributed by atoms with E-state index in [2.05, 4.69) is 18.7 Å². The molecule has 20 heavy (non-hydrogen) atoms. The van der Waals surface area contributed by atoms with E-state index < -0.39 is 6.10 Å². The minimum Gasteiger partial charge on any atom is -0.491 e. The number of aliphatic hydroxyl groups excluding tert-OH is 1. The molecule has 5 nitrogen and oxygen atoms in total. The number of nitrogens with two attached hydrogens (primary N) is 1. The third-order valence-electron chi connectivity index (χ3n) is 3.30. The molecule has 1 aliphatic heterocycles. The number of anilines is 1. The average molecular weight is 280 g/mol. The van der Waals surface area contributed by atoms with Crippen molar-refractivity contribution in [2.45, 2.75) is 25.6 Å². The van der Waals surface area contributed by atoms with Crippen LogP contribution < -0.4 is 10.5 Å². The summed E-state index contributed by atoms with van der Waals surface area (Å²) >= 11 is 0. The van der Waals surface area contributed by atoms with Crippen LogP contribution in [0.1, 0.15) is 13.8 Å². The van der Waals surface area contributed by atoms with Gasteiger partial charge >= 0.3 is 0 Å². The summed E-state index contributed by atoms with van der Waals surface area (Å²) in [6, 6.07) is 7.18. The van der Waals surface area contributed by atoms with Crippen LogP contribution in [0.4, 0.5) is 5.69 Å². The molecule has 1 unspecified atom stereocenters. The lowest BCUT2D eigenvalue weighted by molar-refractivity contribution is -0.0947. The van der Waals surface area contributed by atoms with Gasteiger partial charge in [-0.2, -0.15) is 0 Å². The summed E-state index contributed by atoms with van der Waals surface area (Å²) in [5.41, 5.74) is 6.17. The van der Waals surface area contributed by atoms with Gasteiger partial charge in [0.1, 0.15) is 18.5 Å². The fraction of sp³-hybridized carbons (Fsp3) is 0.600. The van der Waals surface area contributed by atoms with Crippen LogP contribution in [0, 0.1) is 0 Å². The first-order chi connectivity index (χ1) is 9.44. The molecule has 0 spiro atoms. The zero-order valence-electron chi connectivity index (χ0n) is 12.2. The normalized spacial score (nSPS) is 20.6. The Kier molecular flexibility index (Phi) is 4.86. The highest BCUT2D eigenvalue weighted by atomic mass is 16.5. The predicted molar refractivity (Wildman–Crippen MR) is 78.8 cm³/mol. The van der Waals surface area contributed by atoms with Crippen molar-refractivity contribution in [3.05, 3.63) is 24.3 Å². The molecule has 1 fully saturated rings. The molecule has 0 radical (unpaired) electrons. The minimum atomic E-state index is -0.513. The quantitative estimate of drug-likeness (QED) is 0.791. The lowest BCUT2D eigenvalue weighted by Crippen LogP contribution is -2.50. The van der Waals surface area contributed by atoms with E-state index in [4.69, 9.17) is 15.2 Å². The molecular formula is C15H24N2O3. The molecule has 0 bridgehead atoms. The van der Waals surface area contributed by atoms with Crippen LogP contribution in [0.5, 0.6) is 5.75 Å². The Bertz CT molecular complexity index is 420. The van der Waals surface area contributed by atoms with Crippen LogP contribution in [0.2, 0.25) is 0 Å². The van der Waals surface area contributed by atoms with Crippen molar-refractivity contribution in [1.82, 2.24) is 4.90 Å². The van der Waals surface area contributed by atoms with Gasteiger partial charge in [-0.15, -0.1) is 0 Å². The standard InChI is InChI=1S/C15H24N2O3/c1-15(2)11-17(7-8-20-15)9-13(18)10-19-14-5-3-12(16)4-6-14/h3-6,13,18H,7-11,16H2,1-2H3. The van der Waals surface area contributed by atoms with Gasteiger partial charge in [-0.3, -0.25) is 4.90 Å². The van der Waals surface area contributed by atoms with Crippen LogP contribution in [0.3, 0.4) is 0 Å². The highest BCUT2D eigenvalue weighted by molar-refractivity contribution is 5.41. The largest absolute Gasteiger partial charge is 0.491 e. The van der Waals surface area contributed by atoms with Crippen LogP contribution in [0.25, 0.3) is 0 Å². The van der Waals surface area contributed by atoms with Crippen molar-refractivity contribution < 1.29 is 14.6 Å². The Balaban J connectivity index is 1.75. The fourth-order valence-corrected chi connectivity index (χ4v) is 2.38. The molecule has 1 aromatic rings. The van der Waals surface area contributed by atoms with Gasteiger partial charge in [-0.25, -0.2) is 0 Å². The summed E-state index contributed by atoms with van der Waals surface area (Å²) in [4.78, 5) is 2.21. The van der Waals surface area contributed by atoms with E-state index in [9.17, 15) is 5.11 Å². The van der Waals surface area contributed by atoms with E-state index in [1.165, 1.54) is 0 Å². The van der Waals surface area contributed by atoms with Crippen molar-refractivity contribution in [2.24, 2.45) is 0 Å². The van der Waals surface area contributed by atoms with Crippen molar-refractivity contribution >= 4 is 5.69 Å². The van der Waals surface area contributed by atoms with Crippen molar-refractivity contribution in [1.29, 1.82) is 0 Å². The lowest BCUT2D eigenvalue weighted by Gasteiger charge is -2.38. The van der Waals surface area contributed by atoms with Crippen molar-refractivity contribution in [3.8, 4) is 5.75 Å². The number of aliphatic hydroxyl groups is 1. The third-order valence-corrected chi connectivity index (χ3v) is 3.30. The molecule has 1 saturated heterocycles. The van der Waals surface area contributed by atoms with Gasteiger partial charge in [0, 0.05) is 25.3 Å². The Morgan fingerprint density at radius 2 is 2.10 bits per heavy atom. The smallest absolute Gasteiger partial charge is 0.119 e. The maximum absolute atomic E-state index is 10.1. The second kappa shape index (κ2) is 6.43. The summed E-state index contributed by atoms with van der Waals surface area (Å²) in [6.45, 7) is 7.39. The molecule has 112 valence electrons. The van der Waals surface area contributed by atoms with Gasteiger partial charge in [0.05, 0.1) is 12.2 Å². The minimum absolute atomic E-state index is 0.143. The van der Waals surface area contributed by atoms with Gasteiger partial charge < -0.3 is 20.3 Å². The van der Waals surface area contributed by atoms with Crippen LogP contribution in [-0.4, -0.2) is 54.6 Å². The van der Waals surface area contributed by atoms with E-state index in [0.717, 1.165) is 18.8 Å². The molecule has 0 amide bonds. The van der Waals surface area contributed by atoms with Crippen LogP contribution in [-0.2, 0) is 4.74 Å². The average Bonchev–Trinajstić information content (AvgIpc) is 2.37. The first-order valence-electron chi connectivity index (χ1n) is 6.97. The first kappa shape index (κ1) is 15.1. The third kappa shape index (κ3) is 4.67. The number of nitrogens with zero attached hydrogens (tertiary/aromatic N) is 1. The summed E-state index contributed by atoms with van der Waals surface area (Å²) in [6.07, 6.45) is -0.513. The number of hydrogen-bond donors (Lipinski definition) is 2. The Morgan fingerprint density at radius 1 is 1.40 bits per heavy atom. The van der Waals surface area contributed by atoms with Crippen molar-refractivity contribution in [2.75, 3.05) is 38.6 Å². The number of hydrogen-bond acceptors (Lipinski definition) is 5. The van der Waals surface area contributed by atoms with E-state index in [1.807, 2.05) is 0 Å². The number of nitrogen functional groups attached to an aromatic ring is 1. The molecule has 5 heteroatoms. The number of morpholine rings is 1. The first-order valence-corrected chi connectivity index (χ1v) is 6.97. The van der Waals surface area contributed by atoms with Gasteiger partial charge in [0.15, 0.2) is 0 Å². The van der Waals surface area contributed by atoms with Crippen LogP contribution in [0.15, 0.2) is 24.3 Å². The predicted octanol–water partition coefficient (Wildman–Crippen LogP) is 1.12. The zero-order chi connectivity index (χ0) is 14.6. The molecule has 1 aromatic carbocycles. The van der Waals surface area contributed by atoms with E-state index in [0.29, 0.717) is 18.8 Å². The highest BCUT2D eigenvalue weighted by Gasteiger charge is 2.28. The zero-order valence-corrected chi connectivity index (χ0v) is 12.2. The second-order valence-electron chi connectivity index (χ2n) is 5.88. The summed E-state index contributed by atoms with van der Waals surface area (Å²) in [5.74, 6) is 0.723. The molecule has 1 aliphatic rings. The molecular weight excluding hydrogens is 256 g/mol. The van der Waals surface area contributed by atoms with Gasteiger partial charge in [0.25, 0.3) is 0 Å². The SMILES string of the molecule is CC1(C)CN(CC(O)COc2ccc(N)cc2)CCO1. The maximum Gasteiger partial charge on any atom is 0.119 e. The summed E-state index contributed by atoms with van der Waals surface area (Å²) in [5, 5.41) is 10.1. The van der Waals surface area contributed by atoms with Crippen LogP contribution >= 0.6 is 0 Å². The molecule has 1 heterocycles. The Labute approximate surface area is 120 Å². The Hall–Kier alpha value is -1.30. The fourth-order valence-electron chi connectivity index (χ4n) is 2.38. The summed E-state index contributed by atoms with van der Waals surface area (Å²) < 4.78 is 11.2. The molecule has 3 N–H and O–H groups in total. The maximum atomic E-state index is 10.1. The Morgan fingerprint density at radius 3 is 2.75 bits per heavy atom. The highest BCUT2D eigenvalue weighted by Crippen LogP contribution is 2.17. The lowest BCUT2D eigenvalue weighted by atomic mass is 10.1. The molecule has 0 aromatic heterocycles. The summed E-state index contributed by atoms with van der Waals surface area (Å²) in [7, 11) is 0. The van der Waals surface area contributed by atoms with E-state index in [1.54, 1.807) is 24.3 Å². The van der Waals surface area contributed by atoms with E-state index in [-0.39, 0.29) is 12.2 Å². The topological polar surface area (TPSA) is 68.0 Å². The number of ether oxygens (including phenoxy) is 2. The van der Waals surface area contributed by atoms with Gasteiger partial charge in [0.2, 0.25) is 0 Å². The van der Waals surface area contributed by atoms with Gasteiger partial charge in [-0.1, -0.05) is 0 Å². The molecule has 1 atom stereocenters. The number of β-amino-alcohol motifs (C(OH)–C–C–N with tert-alkyl or cyclic N) is 1. The molecule has 0 aliphatic carbocycles. The second-order valence-corrected chi connectivity index (χ2v) is 5.88. The molecule has 0 saturated carbocycles.